The van der Waals surface area contributed by atoms with Gasteiger partial charge in [-0.2, -0.15) is 0 Å². The highest BCUT2D eigenvalue weighted by molar-refractivity contribution is 6.35. The van der Waals surface area contributed by atoms with Crippen molar-refractivity contribution in [3.63, 3.8) is 0 Å². The maximum absolute atomic E-state index is 13.1. The molecule has 0 aliphatic carbocycles. The van der Waals surface area contributed by atoms with Crippen molar-refractivity contribution >= 4 is 58.0 Å². The van der Waals surface area contributed by atoms with Crippen LogP contribution in [0, 0.1) is 5.82 Å². The predicted molar refractivity (Wildman–Crippen MR) is 94.5 cm³/mol. The lowest BCUT2D eigenvalue weighted by atomic mass is 10.2. The van der Waals surface area contributed by atoms with E-state index < -0.39 is 11.7 Å². The van der Waals surface area contributed by atoms with E-state index in [2.05, 4.69) is 5.32 Å². The monoisotopic (exact) mass is 388 g/mol. The van der Waals surface area contributed by atoms with Crippen molar-refractivity contribution in [2.45, 2.75) is 6.92 Å². The van der Waals surface area contributed by atoms with Gasteiger partial charge in [0, 0.05) is 28.3 Å². The summed E-state index contributed by atoms with van der Waals surface area (Å²) >= 11 is 17.5. The molecular weight excluding hydrogens is 378 g/mol. The van der Waals surface area contributed by atoms with E-state index in [1.807, 2.05) is 0 Å². The van der Waals surface area contributed by atoms with Gasteiger partial charge in [0.25, 0.3) is 0 Å². The van der Waals surface area contributed by atoms with Gasteiger partial charge in [-0.25, -0.2) is 4.39 Å². The van der Waals surface area contributed by atoms with E-state index in [4.69, 9.17) is 34.8 Å². The molecule has 0 spiro atoms. The van der Waals surface area contributed by atoms with Gasteiger partial charge in [0.05, 0.1) is 5.02 Å². The largest absolute Gasteiger partial charge is 0.324 e. The van der Waals surface area contributed by atoms with Crippen LogP contribution < -0.4 is 10.2 Å². The summed E-state index contributed by atoms with van der Waals surface area (Å²) in [5.41, 5.74) is 0.714. The molecule has 24 heavy (non-hydrogen) atoms. The first-order valence-electron chi connectivity index (χ1n) is 6.75. The normalized spacial score (nSPS) is 10.4. The van der Waals surface area contributed by atoms with Gasteiger partial charge in [-0.15, -0.1) is 0 Å². The Bertz CT molecular complexity index is 779. The van der Waals surface area contributed by atoms with Crippen molar-refractivity contribution in [3.8, 4) is 0 Å². The number of nitrogens with one attached hydrogen (secondary N) is 1. The van der Waals surface area contributed by atoms with E-state index in [-0.39, 0.29) is 17.5 Å². The van der Waals surface area contributed by atoms with Crippen LogP contribution in [0.4, 0.5) is 15.8 Å². The summed E-state index contributed by atoms with van der Waals surface area (Å²) in [4.78, 5) is 25.2. The van der Waals surface area contributed by atoms with E-state index >= 15 is 0 Å². The zero-order valence-corrected chi connectivity index (χ0v) is 14.7. The third-order valence-corrected chi connectivity index (χ3v) is 3.77. The van der Waals surface area contributed by atoms with Crippen LogP contribution in [-0.4, -0.2) is 18.4 Å². The van der Waals surface area contributed by atoms with Crippen molar-refractivity contribution in [1.82, 2.24) is 0 Å². The first-order chi connectivity index (χ1) is 11.3. The molecule has 0 unspecified atom stereocenters. The summed E-state index contributed by atoms with van der Waals surface area (Å²) in [5, 5.41) is 3.12. The van der Waals surface area contributed by atoms with Crippen LogP contribution in [0.2, 0.25) is 15.1 Å². The number of carbonyl (C=O) groups is 2. The highest BCUT2D eigenvalue weighted by atomic mass is 35.5. The van der Waals surface area contributed by atoms with Crippen molar-refractivity contribution < 1.29 is 14.0 Å². The Morgan fingerprint density at radius 2 is 1.71 bits per heavy atom. The molecule has 0 fully saturated rings. The Kier molecular flexibility index (Phi) is 6.04. The highest BCUT2D eigenvalue weighted by Gasteiger charge is 2.17. The zero-order valence-electron chi connectivity index (χ0n) is 12.4. The number of benzene rings is 2. The van der Waals surface area contributed by atoms with E-state index in [9.17, 15) is 14.0 Å². The van der Waals surface area contributed by atoms with Gasteiger partial charge in [-0.3, -0.25) is 9.59 Å². The summed E-state index contributed by atoms with van der Waals surface area (Å²) in [7, 11) is 0. The summed E-state index contributed by atoms with van der Waals surface area (Å²) < 4.78 is 13.1. The lowest BCUT2D eigenvalue weighted by molar-refractivity contribution is -0.120. The molecule has 4 nitrogen and oxygen atoms in total. The van der Waals surface area contributed by atoms with Gasteiger partial charge in [0.15, 0.2) is 0 Å². The first kappa shape index (κ1) is 18.5. The van der Waals surface area contributed by atoms with Crippen LogP contribution in [0.25, 0.3) is 0 Å². The molecule has 2 aromatic carbocycles. The fraction of sp³-hybridized carbons (Fsp3) is 0.125. The van der Waals surface area contributed by atoms with Gasteiger partial charge in [0.2, 0.25) is 11.8 Å². The quantitative estimate of drug-likeness (QED) is 0.818. The number of halogens is 4. The van der Waals surface area contributed by atoms with Crippen molar-refractivity contribution in [2.75, 3.05) is 16.8 Å². The lowest BCUT2D eigenvalue weighted by Crippen LogP contribution is -2.36. The molecule has 1 N–H and O–H groups in total. The van der Waals surface area contributed by atoms with Crippen molar-refractivity contribution in [3.05, 3.63) is 57.3 Å². The average Bonchev–Trinajstić information content (AvgIpc) is 2.47. The SMILES string of the molecule is CC(=O)N(CC(=O)Nc1ccc(F)c(Cl)c1)c1cc(Cl)cc(Cl)c1. The molecule has 0 saturated heterocycles. The Morgan fingerprint density at radius 3 is 2.25 bits per heavy atom. The van der Waals surface area contributed by atoms with E-state index in [1.54, 1.807) is 0 Å². The third kappa shape index (κ3) is 4.84. The lowest BCUT2D eigenvalue weighted by Gasteiger charge is -2.21. The van der Waals surface area contributed by atoms with Gasteiger partial charge in [-0.1, -0.05) is 34.8 Å². The maximum atomic E-state index is 13.1. The molecule has 2 aromatic rings. The van der Waals surface area contributed by atoms with Crippen LogP contribution in [0.3, 0.4) is 0 Å². The number of anilines is 2. The average molecular weight is 390 g/mol. The predicted octanol–water partition coefficient (Wildman–Crippen LogP) is 4.78. The summed E-state index contributed by atoms with van der Waals surface area (Å²) in [5.74, 6) is -1.43. The molecule has 2 amide bonds. The van der Waals surface area contributed by atoms with Crippen molar-refractivity contribution in [2.24, 2.45) is 0 Å². The Hall–Kier alpha value is -1.82. The number of nitrogens with zero attached hydrogens (tertiary/aromatic N) is 1. The molecule has 0 heterocycles. The minimum Gasteiger partial charge on any atom is -0.324 e. The molecule has 0 aromatic heterocycles. The molecule has 0 aliphatic heterocycles. The van der Waals surface area contributed by atoms with E-state index in [1.165, 1.54) is 42.2 Å². The van der Waals surface area contributed by atoms with Gasteiger partial charge in [0.1, 0.15) is 12.4 Å². The van der Waals surface area contributed by atoms with E-state index in [0.717, 1.165) is 6.07 Å². The zero-order chi connectivity index (χ0) is 17.9. The van der Waals surface area contributed by atoms with Crippen LogP contribution in [0.15, 0.2) is 36.4 Å². The molecule has 0 aliphatic rings. The Balaban J connectivity index is 2.16. The second kappa shape index (κ2) is 7.83. The highest BCUT2D eigenvalue weighted by Crippen LogP contribution is 2.26. The molecule has 0 bridgehead atoms. The number of hydrogen-bond donors (Lipinski definition) is 1. The van der Waals surface area contributed by atoms with Crippen LogP contribution in [0.5, 0.6) is 0 Å². The number of amides is 2. The van der Waals surface area contributed by atoms with Crippen molar-refractivity contribution in [1.29, 1.82) is 0 Å². The summed E-state index contributed by atoms with van der Waals surface area (Å²) in [6.45, 7) is 1.05. The molecule has 0 saturated carbocycles. The smallest absolute Gasteiger partial charge is 0.244 e. The second-order valence-corrected chi connectivity index (χ2v) is 6.19. The number of carbonyl (C=O) groups excluding carboxylic acids is 2. The molecular formula is C16H12Cl3FN2O2. The van der Waals surface area contributed by atoms with Crippen LogP contribution in [0.1, 0.15) is 6.92 Å². The fourth-order valence-corrected chi connectivity index (χ4v) is 2.69. The second-order valence-electron chi connectivity index (χ2n) is 4.91. The van der Waals surface area contributed by atoms with Crippen LogP contribution in [-0.2, 0) is 9.59 Å². The standard InChI is InChI=1S/C16H12Cl3FN2O2/c1-9(23)22(13-5-10(17)4-11(18)6-13)8-16(24)21-12-2-3-15(20)14(19)7-12/h2-7H,8H2,1H3,(H,21,24). The topological polar surface area (TPSA) is 49.4 Å². The molecule has 0 radical (unpaired) electrons. The summed E-state index contributed by atoms with van der Waals surface area (Å²) in [6.07, 6.45) is 0. The first-order valence-corrected chi connectivity index (χ1v) is 7.89. The Morgan fingerprint density at radius 1 is 1.08 bits per heavy atom. The van der Waals surface area contributed by atoms with E-state index in [0.29, 0.717) is 21.4 Å². The fourth-order valence-electron chi connectivity index (χ4n) is 2.00. The number of rotatable bonds is 4. The van der Waals surface area contributed by atoms with Gasteiger partial charge in [-0.05, 0) is 36.4 Å². The van der Waals surface area contributed by atoms with Gasteiger partial charge < -0.3 is 10.2 Å². The minimum atomic E-state index is -0.589. The van der Waals surface area contributed by atoms with Gasteiger partial charge >= 0.3 is 0 Å². The third-order valence-electron chi connectivity index (χ3n) is 3.04. The molecule has 8 heteroatoms. The molecule has 2 rings (SSSR count). The number of hydrogen-bond acceptors (Lipinski definition) is 2. The Labute approximate surface area is 153 Å². The summed E-state index contributed by atoms with van der Waals surface area (Å²) in [6, 6.07) is 8.35. The maximum Gasteiger partial charge on any atom is 0.244 e. The molecule has 0 atom stereocenters. The molecule has 126 valence electrons. The minimum absolute atomic E-state index is 0.113. The van der Waals surface area contributed by atoms with Crippen LogP contribution >= 0.6 is 34.8 Å².